The van der Waals surface area contributed by atoms with Crippen LogP contribution in [0.4, 0.5) is 18.9 Å². The molecule has 2 saturated carbocycles. The number of rotatable bonds is 5. The van der Waals surface area contributed by atoms with E-state index in [2.05, 4.69) is 10.3 Å². The second kappa shape index (κ2) is 11.7. The molecule has 1 amide bonds. The fourth-order valence-corrected chi connectivity index (χ4v) is 3.27. The van der Waals surface area contributed by atoms with Crippen LogP contribution < -0.4 is 10.1 Å². The molecule has 5 nitrogen and oxygen atoms in total. The smallest absolute Gasteiger partial charge is 0.416 e. The fourth-order valence-electron chi connectivity index (χ4n) is 3.27. The van der Waals surface area contributed by atoms with Crippen molar-refractivity contribution in [2.45, 2.75) is 56.9 Å². The normalized spacial score (nSPS) is 15.8. The molecule has 2 fully saturated rings. The van der Waals surface area contributed by atoms with Crippen LogP contribution in [-0.4, -0.2) is 30.7 Å². The molecule has 0 saturated heterocycles. The number of nitrogens with one attached hydrogen (secondary N) is 2. The number of amides is 1. The maximum Gasteiger partial charge on any atom is 0.416 e. The van der Waals surface area contributed by atoms with Crippen molar-refractivity contribution in [2.24, 2.45) is 0 Å². The van der Waals surface area contributed by atoms with Crippen LogP contribution in [0, 0.1) is 0 Å². The van der Waals surface area contributed by atoms with Gasteiger partial charge in [-0.1, -0.05) is 30.3 Å². The summed E-state index contributed by atoms with van der Waals surface area (Å²) in [5, 5.41) is 3.65. The van der Waals surface area contributed by atoms with Crippen molar-refractivity contribution in [3.63, 3.8) is 0 Å². The topological polar surface area (TPSA) is 63.3 Å². The lowest BCUT2D eigenvalue weighted by Crippen LogP contribution is -2.24. The Bertz CT molecular complexity index is 994. The molecule has 178 valence electrons. The van der Waals surface area contributed by atoms with Gasteiger partial charge >= 0.3 is 6.18 Å². The summed E-state index contributed by atoms with van der Waals surface area (Å²) in [5.74, 6) is 0.871. The highest BCUT2D eigenvalue weighted by Gasteiger charge is 2.29. The third-order valence-electron chi connectivity index (χ3n) is 5.71. The molecular weight excluding hydrogens is 433 g/mol. The monoisotopic (exact) mass is 462 g/mol. The predicted octanol–water partition coefficient (Wildman–Crippen LogP) is 6.56. The second-order valence-corrected chi connectivity index (χ2v) is 8.00. The van der Waals surface area contributed by atoms with Gasteiger partial charge in [0, 0.05) is 24.2 Å². The molecule has 0 aliphatic heterocycles. The van der Waals surface area contributed by atoms with E-state index in [1.165, 1.54) is 37.8 Å². The zero-order valence-corrected chi connectivity index (χ0v) is 18.5. The SMILES string of the molecule is COC1CCC1.FC(F)(F)c1ccccc1.O=CNc1c[nH]c2ccc(OC3CCC3)cc12. The molecule has 2 aliphatic rings. The largest absolute Gasteiger partial charge is 0.490 e. The molecule has 0 atom stereocenters. The standard InChI is InChI=1S/C13H14N2O2.C7H5F3.C5H10O/c16-8-15-13-7-14-12-5-4-10(6-11(12)13)17-9-2-1-3-9;8-7(9,10)6-4-2-1-3-5-6;1-6-5-3-2-4-5/h4-9,14H,1-3H2,(H,15,16);1-5H;5H,2-4H2,1H3. The summed E-state index contributed by atoms with van der Waals surface area (Å²) in [7, 11) is 1.78. The van der Waals surface area contributed by atoms with Gasteiger partial charge in [-0.05, 0) is 56.7 Å². The van der Waals surface area contributed by atoms with E-state index in [0.29, 0.717) is 18.6 Å². The number of fused-ring (bicyclic) bond motifs is 1. The van der Waals surface area contributed by atoms with Gasteiger partial charge in [0.2, 0.25) is 6.41 Å². The molecule has 3 aromatic rings. The highest BCUT2D eigenvalue weighted by atomic mass is 19.4. The zero-order chi connectivity index (χ0) is 23.7. The number of halogens is 3. The molecule has 2 N–H and O–H groups in total. The molecule has 5 rings (SSSR count). The van der Waals surface area contributed by atoms with Gasteiger partial charge in [0.15, 0.2) is 0 Å². The summed E-state index contributed by atoms with van der Waals surface area (Å²) in [4.78, 5) is 13.6. The second-order valence-electron chi connectivity index (χ2n) is 8.00. The van der Waals surface area contributed by atoms with E-state index < -0.39 is 11.7 Å². The van der Waals surface area contributed by atoms with Crippen LogP contribution in [0.1, 0.15) is 44.1 Å². The number of aromatic amines is 1. The van der Waals surface area contributed by atoms with Gasteiger partial charge in [-0.25, -0.2) is 0 Å². The summed E-state index contributed by atoms with van der Waals surface area (Å²) in [5.41, 5.74) is 1.18. The first-order valence-corrected chi connectivity index (χ1v) is 11.0. The Kier molecular flexibility index (Phi) is 8.77. The van der Waals surface area contributed by atoms with Crippen molar-refractivity contribution in [3.8, 4) is 5.75 Å². The summed E-state index contributed by atoms with van der Waals surface area (Å²) in [6, 6.07) is 12.3. The summed E-state index contributed by atoms with van der Waals surface area (Å²) >= 11 is 0. The molecule has 1 aromatic heterocycles. The minimum Gasteiger partial charge on any atom is -0.490 e. The van der Waals surface area contributed by atoms with Crippen molar-refractivity contribution < 1.29 is 27.4 Å². The van der Waals surface area contributed by atoms with E-state index in [0.717, 1.165) is 47.3 Å². The Balaban J connectivity index is 0.000000161. The van der Waals surface area contributed by atoms with Crippen molar-refractivity contribution in [1.82, 2.24) is 4.98 Å². The van der Waals surface area contributed by atoms with E-state index in [1.807, 2.05) is 18.2 Å². The van der Waals surface area contributed by atoms with Gasteiger partial charge in [-0.3, -0.25) is 4.79 Å². The van der Waals surface area contributed by atoms with Gasteiger partial charge in [0.05, 0.1) is 23.5 Å². The minimum absolute atomic E-state index is 0.369. The van der Waals surface area contributed by atoms with Crippen molar-refractivity contribution in [3.05, 3.63) is 60.3 Å². The van der Waals surface area contributed by atoms with Gasteiger partial charge in [-0.2, -0.15) is 13.2 Å². The third kappa shape index (κ3) is 7.25. The van der Waals surface area contributed by atoms with Gasteiger partial charge in [0.1, 0.15) is 5.75 Å². The number of benzene rings is 2. The van der Waals surface area contributed by atoms with Gasteiger partial charge < -0.3 is 19.8 Å². The van der Waals surface area contributed by atoms with Crippen LogP contribution in [-0.2, 0) is 15.7 Å². The molecule has 0 spiro atoms. The van der Waals surface area contributed by atoms with Crippen molar-refractivity contribution in [1.29, 1.82) is 0 Å². The highest BCUT2D eigenvalue weighted by molar-refractivity contribution is 5.97. The minimum atomic E-state index is -4.21. The molecule has 0 unspecified atom stereocenters. The van der Waals surface area contributed by atoms with Crippen LogP contribution in [0.5, 0.6) is 5.75 Å². The summed E-state index contributed by atoms with van der Waals surface area (Å²) < 4.78 is 46.2. The zero-order valence-electron chi connectivity index (χ0n) is 18.5. The van der Waals surface area contributed by atoms with Crippen molar-refractivity contribution in [2.75, 3.05) is 12.4 Å². The molecule has 2 aliphatic carbocycles. The molecule has 0 bridgehead atoms. The first kappa shape index (κ1) is 24.6. The number of carbonyl (C=O) groups excluding carboxylic acids is 1. The van der Waals surface area contributed by atoms with Crippen LogP contribution in [0.15, 0.2) is 54.7 Å². The Morgan fingerprint density at radius 1 is 1.00 bits per heavy atom. The number of ether oxygens (including phenoxy) is 2. The van der Waals surface area contributed by atoms with Crippen molar-refractivity contribution >= 4 is 23.0 Å². The van der Waals surface area contributed by atoms with Gasteiger partial charge in [-0.15, -0.1) is 0 Å². The summed E-state index contributed by atoms with van der Waals surface area (Å²) in [6.45, 7) is 0. The average molecular weight is 463 g/mol. The first-order valence-electron chi connectivity index (χ1n) is 11.0. The van der Waals surface area contributed by atoms with E-state index in [1.54, 1.807) is 19.4 Å². The average Bonchev–Trinajstić information content (AvgIpc) is 3.14. The maximum absolute atomic E-state index is 11.8. The fraction of sp³-hybridized carbons (Fsp3) is 0.400. The quantitative estimate of drug-likeness (QED) is 0.422. The molecular formula is C25H29F3N2O3. The first-order chi connectivity index (χ1) is 15.9. The van der Waals surface area contributed by atoms with E-state index in [-0.39, 0.29) is 0 Å². The Morgan fingerprint density at radius 3 is 2.12 bits per heavy atom. The third-order valence-corrected chi connectivity index (χ3v) is 5.71. The number of alkyl halides is 3. The van der Waals surface area contributed by atoms with E-state index in [4.69, 9.17) is 9.47 Å². The molecule has 0 radical (unpaired) electrons. The number of hydrogen-bond donors (Lipinski definition) is 2. The van der Waals surface area contributed by atoms with Crippen LogP contribution >= 0.6 is 0 Å². The van der Waals surface area contributed by atoms with E-state index >= 15 is 0 Å². The highest BCUT2D eigenvalue weighted by Crippen LogP contribution is 2.30. The molecule has 2 aromatic carbocycles. The van der Waals surface area contributed by atoms with Crippen LogP contribution in [0.2, 0.25) is 0 Å². The molecule has 1 heterocycles. The lowest BCUT2D eigenvalue weighted by atomic mass is 9.96. The molecule has 8 heteroatoms. The number of aromatic nitrogens is 1. The predicted molar refractivity (Wildman–Crippen MR) is 122 cm³/mol. The summed E-state index contributed by atoms with van der Waals surface area (Å²) in [6.07, 6.45) is 6.74. The van der Waals surface area contributed by atoms with Crippen LogP contribution in [0.3, 0.4) is 0 Å². The number of carbonyl (C=O) groups is 1. The lowest BCUT2D eigenvalue weighted by Gasteiger charge is -2.26. The Morgan fingerprint density at radius 2 is 1.67 bits per heavy atom. The molecule has 33 heavy (non-hydrogen) atoms. The maximum atomic E-state index is 11.8. The number of H-pyrrole nitrogens is 1. The van der Waals surface area contributed by atoms with Gasteiger partial charge in [0.25, 0.3) is 0 Å². The van der Waals surface area contributed by atoms with E-state index in [9.17, 15) is 18.0 Å². The lowest BCUT2D eigenvalue weighted by molar-refractivity contribution is -0.137. The Labute approximate surface area is 191 Å². The number of anilines is 1. The Hall–Kier alpha value is -3.00. The van der Waals surface area contributed by atoms with Crippen LogP contribution in [0.25, 0.3) is 10.9 Å². The number of methoxy groups -OCH3 is 1. The number of hydrogen-bond acceptors (Lipinski definition) is 3.